The van der Waals surface area contributed by atoms with Gasteiger partial charge in [-0.3, -0.25) is 9.36 Å². The zero-order chi connectivity index (χ0) is 19.3. The third kappa shape index (κ3) is 2.96. The number of fused-ring (bicyclic) bond motifs is 1. The highest BCUT2D eigenvalue weighted by Gasteiger charge is 2.31. The number of Topliss-reactive ketones (excluding diaryl/α,β-unsaturated/α-hetero) is 1. The first-order valence-corrected chi connectivity index (χ1v) is 10.4. The minimum absolute atomic E-state index is 0.117. The van der Waals surface area contributed by atoms with Gasteiger partial charge in [-0.15, -0.1) is 10.2 Å². The zero-order valence-corrected chi connectivity index (χ0v) is 16.6. The van der Waals surface area contributed by atoms with Gasteiger partial charge in [-0.1, -0.05) is 30.0 Å². The number of nitrogens with zero attached hydrogens (tertiary/aromatic N) is 3. The van der Waals surface area contributed by atoms with E-state index in [0.717, 1.165) is 57.2 Å². The summed E-state index contributed by atoms with van der Waals surface area (Å²) in [4.78, 5) is 19.2. The van der Waals surface area contributed by atoms with Gasteiger partial charge in [0.15, 0.2) is 16.8 Å². The number of aromatic amines is 2. The second-order valence-electron chi connectivity index (χ2n) is 7.36. The summed E-state index contributed by atoms with van der Waals surface area (Å²) in [5.41, 5.74) is 4.84. The lowest BCUT2D eigenvalue weighted by atomic mass is 10.1. The topological polar surface area (TPSA) is 79.4 Å². The SMILES string of the molecule is Cc1cc(C(=O)CSc2nnc(-c3c[nH]c4ccccc34)n2C2CC2)c(C)[nH]1. The molecular weight excluding hydrogens is 370 g/mol. The van der Waals surface area contributed by atoms with Crippen molar-refractivity contribution in [2.45, 2.75) is 37.9 Å². The van der Waals surface area contributed by atoms with Crippen LogP contribution in [-0.4, -0.2) is 36.3 Å². The monoisotopic (exact) mass is 391 g/mol. The van der Waals surface area contributed by atoms with Gasteiger partial charge in [0.1, 0.15) is 0 Å². The Morgan fingerprint density at radius 1 is 1.25 bits per heavy atom. The number of carbonyl (C=O) groups is 1. The van der Waals surface area contributed by atoms with Crippen LogP contribution in [0.25, 0.3) is 22.3 Å². The number of hydrogen-bond donors (Lipinski definition) is 2. The molecule has 28 heavy (non-hydrogen) atoms. The van der Waals surface area contributed by atoms with E-state index in [2.05, 4.69) is 36.9 Å². The van der Waals surface area contributed by atoms with Gasteiger partial charge >= 0.3 is 0 Å². The molecule has 2 N–H and O–H groups in total. The molecule has 0 saturated heterocycles. The fraction of sp³-hybridized carbons (Fsp3) is 0.286. The van der Waals surface area contributed by atoms with Crippen LogP contribution in [-0.2, 0) is 0 Å². The first kappa shape index (κ1) is 17.3. The number of aromatic nitrogens is 5. The number of ketones is 1. The summed E-state index contributed by atoms with van der Waals surface area (Å²) in [6.45, 7) is 3.90. The van der Waals surface area contributed by atoms with Crippen LogP contribution < -0.4 is 0 Å². The van der Waals surface area contributed by atoms with E-state index in [-0.39, 0.29) is 5.78 Å². The van der Waals surface area contributed by atoms with Crippen molar-refractivity contribution in [1.82, 2.24) is 24.7 Å². The molecule has 4 aromatic rings. The molecule has 0 unspecified atom stereocenters. The van der Waals surface area contributed by atoms with Gasteiger partial charge in [0.05, 0.1) is 5.75 Å². The van der Waals surface area contributed by atoms with E-state index >= 15 is 0 Å². The fourth-order valence-corrected chi connectivity index (χ4v) is 4.59. The smallest absolute Gasteiger partial charge is 0.192 e. The van der Waals surface area contributed by atoms with Crippen molar-refractivity contribution in [2.75, 3.05) is 5.75 Å². The predicted octanol–water partition coefficient (Wildman–Crippen LogP) is 4.68. The summed E-state index contributed by atoms with van der Waals surface area (Å²) < 4.78 is 2.21. The second kappa shape index (κ2) is 6.67. The molecule has 0 spiro atoms. The van der Waals surface area contributed by atoms with Crippen molar-refractivity contribution in [3.05, 3.63) is 53.5 Å². The molecule has 1 aromatic carbocycles. The third-order valence-electron chi connectivity index (χ3n) is 5.19. The Hall–Kier alpha value is -2.80. The number of hydrogen-bond acceptors (Lipinski definition) is 4. The summed E-state index contributed by atoms with van der Waals surface area (Å²) in [6, 6.07) is 10.6. The molecule has 3 heterocycles. The number of rotatable bonds is 6. The lowest BCUT2D eigenvalue weighted by Crippen LogP contribution is -2.05. The van der Waals surface area contributed by atoms with Gasteiger partial charge in [0.25, 0.3) is 0 Å². The summed E-state index contributed by atoms with van der Waals surface area (Å²) >= 11 is 1.48. The van der Waals surface area contributed by atoms with Gasteiger partial charge in [-0.2, -0.15) is 0 Å². The Morgan fingerprint density at radius 3 is 2.82 bits per heavy atom. The summed E-state index contributed by atoms with van der Waals surface area (Å²) in [7, 11) is 0. The summed E-state index contributed by atoms with van der Waals surface area (Å²) in [5.74, 6) is 1.35. The Balaban J connectivity index is 1.45. The third-order valence-corrected chi connectivity index (χ3v) is 6.13. The Kier molecular flexibility index (Phi) is 4.12. The molecule has 142 valence electrons. The van der Waals surface area contributed by atoms with Crippen LogP contribution >= 0.6 is 11.8 Å². The lowest BCUT2D eigenvalue weighted by Gasteiger charge is -2.08. The predicted molar refractivity (Wildman–Crippen MR) is 111 cm³/mol. The Morgan fingerprint density at radius 2 is 2.07 bits per heavy atom. The minimum atomic E-state index is 0.117. The number of benzene rings is 1. The van der Waals surface area contributed by atoms with E-state index in [1.54, 1.807) is 0 Å². The minimum Gasteiger partial charge on any atom is -0.362 e. The molecule has 7 heteroatoms. The quantitative estimate of drug-likeness (QED) is 0.369. The zero-order valence-electron chi connectivity index (χ0n) is 15.8. The fourth-order valence-electron chi connectivity index (χ4n) is 3.70. The number of H-pyrrole nitrogens is 2. The summed E-state index contributed by atoms with van der Waals surface area (Å²) in [5, 5.41) is 10.9. The van der Waals surface area contributed by atoms with Crippen LogP contribution in [0.15, 0.2) is 41.7 Å². The first-order valence-electron chi connectivity index (χ1n) is 9.45. The van der Waals surface area contributed by atoms with Gasteiger partial charge in [0.2, 0.25) is 0 Å². The van der Waals surface area contributed by atoms with Gasteiger partial charge in [-0.25, -0.2) is 0 Å². The highest BCUT2D eigenvalue weighted by atomic mass is 32.2. The number of thioether (sulfide) groups is 1. The largest absolute Gasteiger partial charge is 0.362 e. The molecule has 0 radical (unpaired) electrons. The number of carbonyl (C=O) groups excluding carboxylic acids is 1. The molecule has 1 saturated carbocycles. The molecule has 0 aliphatic heterocycles. The summed E-state index contributed by atoms with van der Waals surface area (Å²) in [6.07, 6.45) is 4.26. The molecule has 5 rings (SSSR count). The standard InChI is InChI=1S/C21H21N5OS/c1-12-9-16(13(2)23-12)19(27)11-28-21-25-24-20(26(21)14-7-8-14)17-10-22-18-6-4-3-5-15(17)18/h3-6,9-10,14,22-23H,7-8,11H2,1-2H3. The second-order valence-corrected chi connectivity index (χ2v) is 8.30. The molecule has 0 amide bonds. The molecular formula is C21H21N5OS. The average molecular weight is 392 g/mol. The van der Waals surface area contributed by atoms with Crippen molar-refractivity contribution in [3.8, 4) is 11.4 Å². The first-order chi connectivity index (χ1) is 13.6. The van der Waals surface area contributed by atoms with E-state index in [1.165, 1.54) is 11.8 Å². The normalized spacial score (nSPS) is 14.1. The maximum absolute atomic E-state index is 12.7. The van der Waals surface area contributed by atoms with Crippen molar-refractivity contribution in [2.24, 2.45) is 0 Å². The number of nitrogens with one attached hydrogen (secondary N) is 2. The van der Waals surface area contributed by atoms with E-state index in [1.807, 2.05) is 38.2 Å². The molecule has 3 aromatic heterocycles. The Labute approximate surface area is 166 Å². The highest BCUT2D eigenvalue weighted by Crippen LogP contribution is 2.42. The van der Waals surface area contributed by atoms with Crippen molar-refractivity contribution in [1.29, 1.82) is 0 Å². The van der Waals surface area contributed by atoms with Gasteiger partial charge in [-0.05, 0) is 38.8 Å². The van der Waals surface area contributed by atoms with Crippen LogP contribution in [0.1, 0.15) is 40.6 Å². The van der Waals surface area contributed by atoms with Crippen molar-refractivity contribution >= 4 is 28.4 Å². The highest BCUT2D eigenvalue weighted by molar-refractivity contribution is 7.99. The molecule has 1 fully saturated rings. The van der Waals surface area contributed by atoms with Crippen LogP contribution in [0.2, 0.25) is 0 Å². The van der Waals surface area contributed by atoms with E-state index in [0.29, 0.717) is 11.8 Å². The molecule has 0 bridgehead atoms. The molecule has 1 aliphatic rings. The van der Waals surface area contributed by atoms with E-state index in [9.17, 15) is 4.79 Å². The van der Waals surface area contributed by atoms with Gasteiger partial charge < -0.3 is 9.97 Å². The van der Waals surface area contributed by atoms with Crippen LogP contribution in [0.4, 0.5) is 0 Å². The molecule has 1 aliphatic carbocycles. The molecule has 6 nitrogen and oxygen atoms in total. The Bertz CT molecular complexity index is 1180. The van der Waals surface area contributed by atoms with Crippen LogP contribution in [0, 0.1) is 13.8 Å². The number of aryl methyl sites for hydroxylation is 2. The number of para-hydroxylation sites is 1. The van der Waals surface area contributed by atoms with Crippen molar-refractivity contribution in [3.63, 3.8) is 0 Å². The average Bonchev–Trinajstić information content (AvgIpc) is 3.15. The molecule has 0 atom stereocenters. The van der Waals surface area contributed by atoms with E-state index < -0.39 is 0 Å². The lowest BCUT2D eigenvalue weighted by molar-refractivity contribution is 0.102. The van der Waals surface area contributed by atoms with Crippen LogP contribution in [0.3, 0.4) is 0 Å². The maximum atomic E-state index is 12.7. The van der Waals surface area contributed by atoms with Crippen molar-refractivity contribution < 1.29 is 4.79 Å². The van der Waals surface area contributed by atoms with Gasteiger partial charge in [0, 0.05) is 45.7 Å². The van der Waals surface area contributed by atoms with E-state index in [4.69, 9.17) is 0 Å². The van der Waals surface area contributed by atoms with Crippen LogP contribution in [0.5, 0.6) is 0 Å². The maximum Gasteiger partial charge on any atom is 0.192 e.